The van der Waals surface area contributed by atoms with Crippen LogP contribution in [-0.4, -0.2) is 23.1 Å². The van der Waals surface area contributed by atoms with Crippen molar-refractivity contribution in [2.24, 2.45) is 0 Å². The minimum Gasteiger partial charge on any atom is -0.346 e. The Morgan fingerprint density at radius 3 is 2.38 bits per heavy atom. The van der Waals surface area contributed by atoms with E-state index in [-0.39, 0.29) is 5.54 Å². The lowest BCUT2D eigenvalue weighted by molar-refractivity contribution is 0.425. The molecule has 122 valence electrons. The first-order chi connectivity index (χ1) is 9.82. The smallest absolute Gasteiger partial charge is 0.186 e. The normalized spacial score (nSPS) is 13.5. The largest absolute Gasteiger partial charge is 0.346 e. The van der Waals surface area contributed by atoms with Crippen LogP contribution in [0.5, 0.6) is 0 Å². The van der Waals surface area contributed by atoms with Gasteiger partial charge in [0, 0.05) is 29.5 Å². The Labute approximate surface area is 135 Å². The lowest BCUT2D eigenvalue weighted by atomic mass is 10.1. The first-order valence-electron chi connectivity index (χ1n) is 8.32. The minimum absolute atomic E-state index is 0.148. The van der Waals surface area contributed by atoms with Gasteiger partial charge >= 0.3 is 0 Å². The highest BCUT2D eigenvalue weighted by molar-refractivity contribution is 7.15. The van der Waals surface area contributed by atoms with E-state index >= 15 is 0 Å². The molecule has 1 N–H and O–H groups in total. The van der Waals surface area contributed by atoms with Gasteiger partial charge in [0.1, 0.15) is 0 Å². The molecule has 0 fully saturated rings. The summed E-state index contributed by atoms with van der Waals surface area (Å²) in [6.07, 6.45) is 3.39. The van der Waals surface area contributed by atoms with Crippen LogP contribution in [0.15, 0.2) is 0 Å². The molecule has 3 nitrogen and oxygen atoms in total. The second-order valence-electron chi connectivity index (χ2n) is 6.76. The summed E-state index contributed by atoms with van der Waals surface area (Å²) in [5.41, 5.74) is 1.44. The van der Waals surface area contributed by atoms with Gasteiger partial charge in [0.25, 0.3) is 0 Å². The zero-order valence-corrected chi connectivity index (χ0v) is 15.7. The van der Waals surface area contributed by atoms with E-state index in [1.165, 1.54) is 15.7 Å². The third-order valence-corrected chi connectivity index (χ3v) is 4.88. The first kappa shape index (κ1) is 18.4. The van der Waals surface area contributed by atoms with E-state index in [0.29, 0.717) is 6.04 Å². The molecule has 21 heavy (non-hydrogen) atoms. The molecule has 0 bridgehead atoms. The summed E-state index contributed by atoms with van der Waals surface area (Å²) in [5.74, 6) is 0. The van der Waals surface area contributed by atoms with Crippen LogP contribution in [0, 0.1) is 0 Å². The molecule has 4 heteroatoms. The van der Waals surface area contributed by atoms with Crippen molar-refractivity contribution >= 4 is 16.5 Å². The van der Waals surface area contributed by atoms with E-state index in [4.69, 9.17) is 4.98 Å². The number of thiazole rings is 1. The van der Waals surface area contributed by atoms with Gasteiger partial charge in [0.2, 0.25) is 0 Å². The minimum atomic E-state index is 0.148. The molecule has 0 radical (unpaired) electrons. The van der Waals surface area contributed by atoms with E-state index in [0.717, 1.165) is 32.4 Å². The van der Waals surface area contributed by atoms with Crippen molar-refractivity contribution in [3.8, 4) is 0 Å². The van der Waals surface area contributed by atoms with Gasteiger partial charge in [-0.15, -0.1) is 11.3 Å². The van der Waals surface area contributed by atoms with Crippen molar-refractivity contribution in [3.63, 3.8) is 0 Å². The Balaban J connectivity index is 2.96. The molecule has 0 aliphatic heterocycles. The van der Waals surface area contributed by atoms with Crippen LogP contribution in [0.25, 0.3) is 0 Å². The van der Waals surface area contributed by atoms with Gasteiger partial charge in [0.05, 0.1) is 5.69 Å². The van der Waals surface area contributed by atoms with Gasteiger partial charge in [0.15, 0.2) is 5.13 Å². The van der Waals surface area contributed by atoms with Crippen molar-refractivity contribution in [2.75, 3.05) is 11.4 Å². The van der Waals surface area contributed by atoms with Crippen molar-refractivity contribution in [3.05, 3.63) is 10.6 Å². The fourth-order valence-electron chi connectivity index (χ4n) is 2.26. The molecule has 0 aliphatic carbocycles. The van der Waals surface area contributed by atoms with Gasteiger partial charge < -0.3 is 10.2 Å². The average molecular weight is 312 g/mol. The number of aryl methyl sites for hydroxylation is 1. The Morgan fingerprint density at radius 1 is 1.24 bits per heavy atom. The van der Waals surface area contributed by atoms with Gasteiger partial charge in [-0.2, -0.15) is 0 Å². The number of aromatic nitrogens is 1. The molecule has 1 heterocycles. The van der Waals surface area contributed by atoms with Gasteiger partial charge in [-0.3, -0.25) is 0 Å². The Bertz CT molecular complexity index is 420. The third-order valence-electron chi connectivity index (χ3n) is 3.74. The summed E-state index contributed by atoms with van der Waals surface area (Å²) in [6, 6.07) is 0.555. The second kappa shape index (κ2) is 8.14. The quantitative estimate of drug-likeness (QED) is 0.760. The second-order valence-corrected chi connectivity index (χ2v) is 7.83. The summed E-state index contributed by atoms with van der Waals surface area (Å²) >= 11 is 1.87. The molecule has 1 aromatic rings. The lowest BCUT2D eigenvalue weighted by Crippen LogP contribution is -2.35. The molecular formula is C17H33N3S. The van der Waals surface area contributed by atoms with Crippen molar-refractivity contribution in [1.29, 1.82) is 0 Å². The Morgan fingerprint density at radius 2 is 1.90 bits per heavy atom. The number of hydrogen-bond acceptors (Lipinski definition) is 4. The molecule has 1 aromatic heterocycles. The number of anilines is 1. The molecule has 0 spiro atoms. The molecule has 0 aliphatic rings. The fourth-order valence-corrected chi connectivity index (χ4v) is 3.48. The lowest BCUT2D eigenvalue weighted by Gasteiger charge is -2.26. The molecule has 0 saturated carbocycles. The highest BCUT2D eigenvalue weighted by Gasteiger charge is 2.19. The predicted molar refractivity (Wildman–Crippen MR) is 95.5 cm³/mol. The number of hydrogen-bond donors (Lipinski definition) is 1. The van der Waals surface area contributed by atoms with Crippen LogP contribution in [0.2, 0.25) is 0 Å². The van der Waals surface area contributed by atoms with Crippen LogP contribution in [0.3, 0.4) is 0 Å². The molecule has 1 unspecified atom stereocenters. The van der Waals surface area contributed by atoms with E-state index in [1.807, 2.05) is 11.3 Å². The van der Waals surface area contributed by atoms with E-state index < -0.39 is 0 Å². The van der Waals surface area contributed by atoms with Crippen LogP contribution in [0.4, 0.5) is 5.13 Å². The Kier molecular flexibility index (Phi) is 7.14. The maximum atomic E-state index is 4.95. The zero-order chi connectivity index (χ0) is 16.0. The SMILES string of the molecule is CCCc1nc(N(CC)C(C)CC)sc1CNC(C)(C)C. The average Bonchev–Trinajstić information content (AvgIpc) is 2.79. The van der Waals surface area contributed by atoms with E-state index in [9.17, 15) is 0 Å². The van der Waals surface area contributed by atoms with E-state index in [2.05, 4.69) is 58.7 Å². The molecule has 1 atom stereocenters. The Hall–Kier alpha value is -0.610. The number of nitrogens with zero attached hydrogens (tertiary/aromatic N) is 2. The molecule has 0 aromatic carbocycles. The zero-order valence-electron chi connectivity index (χ0n) is 14.9. The molecule has 0 amide bonds. The maximum Gasteiger partial charge on any atom is 0.186 e. The monoisotopic (exact) mass is 311 g/mol. The van der Waals surface area contributed by atoms with Crippen LogP contribution >= 0.6 is 11.3 Å². The van der Waals surface area contributed by atoms with Gasteiger partial charge in [-0.1, -0.05) is 20.3 Å². The van der Waals surface area contributed by atoms with Crippen LogP contribution in [-0.2, 0) is 13.0 Å². The standard InChI is InChI=1S/C17H33N3S/c1-8-11-14-15(12-18-17(5,6)7)21-16(19-14)20(10-3)13(4)9-2/h13,18H,8-12H2,1-7H3. The maximum absolute atomic E-state index is 4.95. The highest BCUT2D eigenvalue weighted by atomic mass is 32.1. The fraction of sp³-hybridized carbons (Fsp3) is 0.824. The number of nitrogens with one attached hydrogen (secondary N) is 1. The molecule has 0 saturated heterocycles. The summed E-state index contributed by atoms with van der Waals surface area (Å²) in [6.45, 7) is 17.6. The summed E-state index contributed by atoms with van der Waals surface area (Å²) in [4.78, 5) is 8.79. The van der Waals surface area contributed by atoms with Crippen LogP contribution in [0.1, 0.15) is 71.9 Å². The topological polar surface area (TPSA) is 28.2 Å². The van der Waals surface area contributed by atoms with Crippen molar-refractivity contribution < 1.29 is 0 Å². The third kappa shape index (κ3) is 5.59. The highest BCUT2D eigenvalue weighted by Crippen LogP contribution is 2.29. The predicted octanol–water partition coefficient (Wildman–Crippen LogP) is 4.61. The molecular weight excluding hydrogens is 278 g/mol. The van der Waals surface area contributed by atoms with Gasteiger partial charge in [-0.25, -0.2) is 4.98 Å². The van der Waals surface area contributed by atoms with Crippen LogP contribution < -0.4 is 10.2 Å². The van der Waals surface area contributed by atoms with Gasteiger partial charge in [-0.05, 0) is 47.5 Å². The summed E-state index contributed by atoms with van der Waals surface area (Å²) < 4.78 is 0. The van der Waals surface area contributed by atoms with E-state index in [1.54, 1.807) is 0 Å². The summed E-state index contributed by atoms with van der Waals surface area (Å²) in [7, 11) is 0. The van der Waals surface area contributed by atoms with Crippen molar-refractivity contribution in [1.82, 2.24) is 10.3 Å². The number of rotatable bonds is 8. The molecule has 1 rings (SSSR count). The summed E-state index contributed by atoms with van der Waals surface area (Å²) in [5, 5.41) is 4.80. The van der Waals surface area contributed by atoms with Crippen molar-refractivity contribution in [2.45, 2.75) is 85.9 Å². The first-order valence-corrected chi connectivity index (χ1v) is 9.14.